The molecule has 1 amide bonds. The van der Waals surface area contributed by atoms with Gasteiger partial charge in [0.15, 0.2) is 0 Å². The molecule has 30 heavy (non-hydrogen) atoms. The van der Waals surface area contributed by atoms with Gasteiger partial charge in [0.2, 0.25) is 0 Å². The molecule has 150 valence electrons. The number of hydrogen-bond acceptors (Lipinski definition) is 4. The Hall–Kier alpha value is -3.38. The zero-order valence-corrected chi connectivity index (χ0v) is 17.6. The van der Waals surface area contributed by atoms with Crippen LogP contribution in [-0.4, -0.2) is 21.9 Å². The van der Waals surface area contributed by atoms with E-state index >= 15 is 0 Å². The number of aliphatic hydroxyl groups excluding tert-OH is 1. The predicted octanol–water partition coefficient (Wildman–Crippen LogP) is 5.09. The first-order valence-electron chi connectivity index (χ1n) is 9.30. The summed E-state index contributed by atoms with van der Waals surface area (Å²) >= 11 is 3.35. The Balaban J connectivity index is 1.97. The number of benzene rings is 3. The van der Waals surface area contributed by atoms with Crippen LogP contribution in [0.3, 0.4) is 0 Å². The second-order valence-corrected chi connectivity index (χ2v) is 7.99. The molecule has 3 aromatic rings. The summed E-state index contributed by atoms with van der Waals surface area (Å²) in [5, 5.41) is 21.5. The molecule has 0 spiro atoms. The van der Waals surface area contributed by atoms with Crippen molar-refractivity contribution in [2.45, 2.75) is 13.0 Å². The van der Waals surface area contributed by atoms with Crippen LogP contribution in [-0.2, 0) is 9.59 Å². The molecule has 1 heterocycles. The van der Waals surface area contributed by atoms with Gasteiger partial charge in [-0.3, -0.25) is 14.5 Å². The fourth-order valence-corrected chi connectivity index (χ4v) is 3.89. The lowest BCUT2D eigenvalue weighted by molar-refractivity contribution is -0.132. The molecule has 4 rings (SSSR count). The Labute approximate surface area is 182 Å². The average Bonchev–Trinajstić information content (AvgIpc) is 3.01. The van der Waals surface area contributed by atoms with Crippen LogP contribution in [0, 0.1) is 6.92 Å². The van der Waals surface area contributed by atoms with E-state index in [9.17, 15) is 19.8 Å². The zero-order valence-electron chi connectivity index (χ0n) is 16.0. The van der Waals surface area contributed by atoms with Gasteiger partial charge in [-0.05, 0) is 42.3 Å². The highest BCUT2D eigenvalue weighted by Gasteiger charge is 2.47. The average molecular weight is 464 g/mol. The molecule has 1 saturated heterocycles. The van der Waals surface area contributed by atoms with Gasteiger partial charge in [-0.1, -0.05) is 64.5 Å². The molecule has 0 aliphatic carbocycles. The Bertz CT molecular complexity index is 1170. The van der Waals surface area contributed by atoms with Crippen LogP contribution in [0.15, 0.2) is 82.8 Å². The fraction of sp³-hybridized carbons (Fsp3) is 0.0833. The second kappa shape index (κ2) is 7.80. The number of anilines is 1. The lowest BCUT2D eigenvalue weighted by atomic mass is 9.95. The monoisotopic (exact) mass is 463 g/mol. The third kappa shape index (κ3) is 3.39. The van der Waals surface area contributed by atoms with E-state index in [1.165, 1.54) is 11.0 Å². The summed E-state index contributed by atoms with van der Waals surface area (Å²) in [5.41, 5.74) is 2.10. The standard InChI is InChI=1S/C24H18BrNO4/c1-14-7-12-19(27)18(13-14)26-21(15-5-3-2-4-6-15)20(23(29)24(26)30)22(28)16-8-10-17(25)11-9-16/h2-13,21,27-28H,1H3/b22-20+. The summed E-state index contributed by atoms with van der Waals surface area (Å²) in [6.07, 6.45) is 0. The van der Waals surface area contributed by atoms with Crippen LogP contribution in [0.4, 0.5) is 5.69 Å². The molecular formula is C24H18BrNO4. The number of halogens is 1. The van der Waals surface area contributed by atoms with E-state index in [1.807, 2.05) is 13.0 Å². The predicted molar refractivity (Wildman–Crippen MR) is 118 cm³/mol. The largest absolute Gasteiger partial charge is 0.507 e. The van der Waals surface area contributed by atoms with Gasteiger partial charge in [-0.25, -0.2) is 0 Å². The molecule has 0 aromatic heterocycles. The molecule has 0 bridgehead atoms. The molecule has 3 aromatic carbocycles. The van der Waals surface area contributed by atoms with Crippen LogP contribution in [0.1, 0.15) is 22.7 Å². The normalized spacial score (nSPS) is 18.1. The maximum atomic E-state index is 13.1. The topological polar surface area (TPSA) is 77.8 Å². The minimum atomic E-state index is -0.873. The first-order chi connectivity index (χ1) is 14.4. The van der Waals surface area contributed by atoms with E-state index in [4.69, 9.17) is 0 Å². The number of carbonyl (C=O) groups is 2. The summed E-state index contributed by atoms with van der Waals surface area (Å²) in [4.78, 5) is 27.4. The lowest BCUT2D eigenvalue weighted by Crippen LogP contribution is -2.29. The molecule has 0 saturated carbocycles. The van der Waals surface area contributed by atoms with Gasteiger partial charge in [0.25, 0.3) is 11.7 Å². The van der Waals surface area contributed by atoms with Crippen molar-refractivity contribution in [3.05, 3.63) is 99.5 Å². The number of aromatic hydroxyl groups is 1. The molecular weight excluding hydrogens is 446 g/mol. The summed E-state index contributed by atoms with van der Waals surface area (Å²) in [6.45, 7) is 1.83. The molecule has 1 aliphatic rings. The molecule has 6 heteroatoms. The number of aryl methyl sites for hydroxylation is 1. The third-order valence-corrected chi connectivity index (χ3v) is 5.60. The zero-order chi connectivity index (χ0) is 21.4. The van der Waals surface area contributed by atoms with Gasteiger partial charge in [-0.2, -0.15) is 0 Å². The molecule has 1 aliphatic heterocycles. The Morgan fingerprint density at radius 3 is 2.30 bits per heavy atom. The molecule has 2 N–H and O–H groups in total. The van der Waals surface area contributed by atoms with Crippen LogP contribution < -0.4 is 4.90 Å². The SMILES string of the molecule is Cc1ccc(O)c(N2C(=O)C(=O)/C(=C(/O)c3ccc(Br)cc3)C2c2ccccc2)c1. The third-order valence-electron chi connectivity index (χ3n) is 5.07. The van der Waals surface area contributed by atoms with Crippen molar-refractivity contribution >= 4 is 39.1 Å². The Morgan fingerprint density at radius 1 is 0.967 bits per heavy atom. The van der Waals surface area contributed by atoms with E-state index in [0.717, 1.165) is 10.0 Å². The minimum Gasteiger partial charge on any atom is -0.507 e. The van der Waals surface area contributed by atoms with Gasteiger partial charge in [-0.15, -0.1) is 0 Å². The molecule has 1 unspecified atom stereocenters. The maximum Gasteiger partial charge on any atom is 0.300 e. The van der Waals surface area contributed by atoms with Crippen molar-refractivity contribution in [1.82, 2.24) is 0 Å². The Morgan fingerprint density at radius 2 is 1.63 bits per heavy atom. The fourth-order valence-electron chi connectivity index (χ4n) is 3.62. The van der Waals surface area contributed by atoms with Crippen molar-refractivity contribution in [3.63, 3.8) is 0 Å². The first-order valence-corrected chi connectivity index (χ1v) is 10.1. The smallest absolute Gasteiger partial charge is 0.300 e. The highest BCUT2D eigenvalue weighted by atomic mass is 79.9. The van der Waals surface area contributed by atoms with Crippen molar-refractivity contribution in [3.8, 4) is 5.75 Å². The number of aliphatic hydroxyl groups is 1. The maximum absolute atomic E-state index is 13.1. The summed E-state index contributed by atoms with van der Waals surface area (Å²) in [7, 11) is 0. The van der Waals surface area contributed by atoms with E-state index in [-0.39, 0.29) is 22.8 Å². The number of amides is 1. The van der Waals surface area contributed by atoms with Crippen molar-refractivity contribution in [2.75, 3.05) is 4.90 Å². The van der Waals surface area contributed by atoms with E-state index in [2.05, 4.69) is 15.9 Å². The number of carbonyl (C=O) groups excluding carboxylic acids is 2. The van der Waals surface area contributed by atoms with Gasteiger partial charge in [0.05, 0.1) is 17.3 Å². The van der Waals surface area contributed by atoms with Crippen LogP contribution in [0.5, 0.6) is 5.75 Å². The highest BCUT2D eigenvalue weighted by molar-refractivity contribution is 9.10. The molecule has 1 fully saturated rings. The lowest BCUT2D eigenvalue weighted by Gasteiger charge is -2.26. The summed E-state index contributed by atoms with van der Waals surface area (Å²) in [6, 6.07) is 19.8. The quantitative estimate of drug-likeness (QED) is 0.322. The Kier molecular flexibility index (Phi) is 5.18. The molecule has 5 nitrogen and oxygen atoms in total. The summed E-state index contributed by atoms with van der Waals surface area (Å²) < 4.78 is 0.823. The summed E-state index contributed by atoms with van der Waals surface area (Å²) in [5.74, 6) is -1.98. The number of phenolic OH excluding ortho intramolecular Hbond substituents is 1. The van der Waals surface area contributed by atoms with Crippen LogP contribution in [0.25, 0.3) is 5.76 Å². The molecule has 0 radical (unpaired) electrons. The minimum absolute atomic E-state index is 0.0190. The number of Topliss-reactive ketones (excluding diaryl/α,β-unsaturated/α-hetero) is 1. The van der Waals surface area contributed by atoms with Gasteiger partial charge < -0.3 is 10.2 Å². The first kappa shape index (κ1) is 19.9. The van der Waals surface area contributed by atoms with Crippen LogP contribution in [0.2, 0.25) is 0 Å². The van der Waals surface area contributed by atoms with Gasteiger partial charge in [0.1, 0.15) is 11.5 Å². The van der Waals surface area contributed by atoms with E-state index in [1.54, 1.807) is 60.7 Å². The van der Waals surface area contributed by atoms with Gasteiger partial charge >= 0.3 is 0 Å². The van der Waals surface area contributed by atoms with E-state index < -0.39 is 17.7 Å². The van der Waals surface area contributed by atoms with Crippen molar-refractivity contribution in [1.29, 1.82) is 0 Å². The van der Waals surface area contributed by atoms with Gasteiger partial charge in [0, 0.05) is 10.0 Å². The highest BCUT2D eigenvalue weighted by Crippen LogP contribution is 2.44. The number of phenols is 1. The van der Waals surface area contributed by atoms with E-state index in [0.29, 0.717) is 11.1 Å². The number of hydrogen-bond donors (Lipinski definition) is 2. The van der Waals surface area contributed by atoms with Crippen molar-refractivity contribution in [2.24, 2.45) is 0 Å². The number of nitrogens with zero attached hydrogens (tertiary/aromatic N) is 1. The van der Waals surface area contributed by atoms with Crippen molar-refractivity contribution < 1.29 is 19.8 Å². The second-order valence-electron chi connectivity index (χ2n) is 7.08. The number of rotatable bonds is 3. The molecule has 1 atom stereocenters. The number of ketones is 1. The van der Waals surface area contributed by atoms with Crippen LogP contribution >= 0.6 is 15.9 Å².